The highest BCUT2D eigenvalue weighted by atomic mass is 35.5. The van der Waals surface area contributed by atoms with Gasteiger partial charge in [0.15, 0.2) is 11.7 Å². The van der Waals surface area contributed by atoms with Crippen LogP contribution in [-0.2, 0) is 4.79 Å². The van der Waals surface area contributed by atoms with Crippen molar-refractivity contribution in [3.63, 3.8) is 0 Å². The molecule has 2 N–H and O–H groups in total. The molecular weight excluding hydrogens is 302 g/mol. The van der Waals surface area contributed by atoms with E-state index in [1.807, 2.05) is 31.3 Å². The molecule has 2 aromatic rings. The zero-order valence-electron chi connectivity index (χ0n) is 12.5. The molecule has 22 heavy (non-hydrogen) atoms. The van der Waals surface area contributed by atoms with Crippen LogP contribution in [0.1, 0.15) is 31.1 Å². The van der Waals surface area contributed by atoms with Crippen molar-refractivity contribution in [2.75, 3.05) is 18.9 Å². The van der Waals surface area contributed by atoms with Gasteiger partial charge in [0.05, 0.1) is 6.20 Å². The molecular formula is C16H20ClN3O2. The number of amides is 1. The smallest absolute Gasteiger partial charge is 0.225 e. The van der Waals surface area contributed by atoms with E-state index in [0.717, 1.165) is 22.9 Å². The summed E-state index contributed by atoms with van der Waals surface area (Å²) in [5.41, 5.74) is 1.77. The third-order valence-electron chi connectivity index (χ3n) is 3.51. The van der Waals surface area contributed by atoms with Gasteiger partial charge in [0.1, 0.15) is 0 Å². The molecule has 1 aromatic heterocycles. The molecule has 0 unspecified atom stereocenters. The quantitative estimate of drug-likeness (QED) is 0.857. The van der Waals surface area contributed by atoms with Crippen LogP contribution in [0, 0.1) is 0 Å². The Bertz CT molecular complexity index is 621. The topological polar surface area (TPSA) is 67.2 Å². The molecule has 1 amide bonds. The third-order valence-corrected chi connectivity index (χ3v) is 3.51. The molecule has 0 radical (unpaired) electrons. The van der Waals surface area contributed by atoms with E-state index in [1.54, 1.807) is 6.20 Å². The summed E-state index contributed by atoms with van der Waals surface area (Å²) < 4.78 is 5.76. The fraction of sp³-hybridized carbons (Fsp3) is 0.375. The molecule has 118 valence electrons. The Morgan fingerprint density at radius 2 is 2.05 bits per heavy atom. The van der Waals surface area contributed by atoms with Gasteiger partial charge in [-0.25, -0.2) is 4.98 Å². The minimum atomic E-state index is 0. The van der Waals surface area contributed by atoms with Crippen molar-refractivity contribution in [3.05, 3.63) is 36.4 Å². The maximum Gasteiger partial charge on any atom is 0.225 e. The van der Waals surface area contributed by atoms with Crippen molar-refractivity contribution in [2.45, 2.75) is 25.2 Å². The van der Waals surface area contributed by atoms with Gasteiger partial charge in [-0.05, 0) is 44.2 Å². The molecule has 5 nitrogen and oxygen atoms in total. The van der Waals surface area contributed by atoms with Crippen LogP contribution in [0.15, 0.2) is 34.9 Å². The number of aromatic nitrogens is 1. The van der Waals surface area contributed by atoms with Gasteiger partial charge in [0.2, 0.25) is 5.91 Å². The molecule has 0 spiro atoms. The lowest BCUT2D eigenvalue weighted by Crippen LogP contribution is -2.18. The SMILES string of the molecule is CNCCC(=O)Nc1ccc(-c2cnc(C3CC3)o2)cc1.Cl. The van der Waals surface area contributed by atoms with Gasteiger partial charge >= 0.3 is 0 Å². The van der Waals surface area contributed by atoms with Crippen LogP contribution < -0.4 is 10.6 Å². The van der Waals surface area contributed by atoms with Gasteiger partial charge in [0.25, 0.3) is 0 Å². The Labute approximate surface area is 135 Å². The summed E-state index contributed by atoms with van der Waals surface area (Å²) in [7, 11) is 1.83. The second-order valence-corrected chi connectivity index (χ2v) is 5.32. The van der Waals surface area contributed by atoms with E-state index in [9.17, 15) is 4.79 Å². The van der Waals surface area contributed by atoms with E-state index >= 15 is 0 Å². The molecule has 1 aliphatic carbocycles. The summed E-state index contributed by atoms with van der Waals surface area (Å²) in [6, 6.07) is 7.63. The monoisotopic (exact) mass is 321 g/mol. The Morgan fingerprint density at radius 1 is 1.32 bits per heavy atom. The van der Waals surface area contributed by atoms with Gasteiger partial charge in [-0.15, -0.1) is 12.4 Å². The molecule has 0 bridgehead atoms. The van der Waals surface area contributed by atoms with Crippen molar-refractivity contribution < 1.29 is 9.21 Å². The van der Waals surface area contributed by atoms with Crippen LogP contribution in [0.3, 0.4) is 0 Å². The first-order chi connectivity index (χ1) is 10.3. The Hall–Kier alpha value is -1.85. The summed E-state index contributed by atoms with van der Waals surface area (Å²) in [6.07, 6.45) is 4.59. The van der Waals surface area contributed by atoms with Crippen molar-refractivity contribution in [3.8, 4) is 11.3 Å². The van der Waals surface area contributed by atoms with Crippen LogP contribution in [0.4, 0.5) is 5.69 Å². The summed E-state index contributed by atoms with van der Waals surface area (Å²) in [6.45, 7) is 0.673. The van der Waals surface area contributed by atoms with Crippen LogP contribution in [0.2, 0.25) is 0 Å². The van der Waals surface area contributed by atoms with Gasteiger partial charge < -0.3 is 15.1 Å². The number of carbonyl (C=O) groups excluding carboxylic acids is 1. The lowest BCUT2D eigenvalue weighted by Gasteiger charge is -2.05. The zero-order valence-corrected chi connectivity index (χ0v) is 13.3. The first-order valence-corrected chi connectivity index (χ1v) is 7.27. The van der Waals surface area contributed by atoms with E-state index in [4.69, 9.17) is 4.42 Å². The lowest BCUT2D eigenvalue weighted by molar-refractivity contribution is -0.116. The van der Waals surface area contributed by atoms with E-state index < -0.39 is 0 Å². The second-order valence-electron chi connectivity index (χ2n) is 5.32. The molecule has 1 aromatic carbocycles. The average molecular weight is 322 g/mol. The molecule has 0 aliphatic heterocycles. The largest absolute Gasteiger partial charge is 0.440 e. The van der Waals surface area contributed by atoms with Crippen LogP contribution in [-0.4, -0.2) is 24.5 Å². The maximum atomic E-state index is 11.6. The zero-order chi connectivity index (χ0) is 14.7. The van der Waals surface area contributed by atoms with E-state index in [1.165, 1.54) is 12.8 Å². The fourth-order valence-corrected chi connectivity index (χ4v) is 2.12. The first kappa shape index (κ1) is 16.5. The molecule has 6 heteroatoms. The van der Waals surface area contributed by atoms with Crippen molar-refractivity contribution in [1.82, 2.24) is 10.3 Å². The van der Waals surface area contributed by atoms with Crippen LogP contribution >= 0.6 is 12.4 Å². The standard InChI is InChI=1S/C16H19N3O2.ClH/c1-17-9-8-15(20)19-13-6-4-11(5-7-13)14-10-18-16(21-14)12-2-3-12;/h4-7,10,12,17H,2-3,8-9H2,1H3,(H,19,20);1H. The number of anilines is 1. The molecule has 1 fully saturated rings. The number of nitrogens with one attached hydrogen (secondary N) is 2. The summed E-state index contributed by atoms with van der Waals surface area (Å²) in [5.74, 6) is 2.15. The number of carbonyl (C=O) groups is 1. The van der Waals surface area contributed by atoms with Gasteiger partial charge in [-0.1, -0.05) is 0 Å². The molecule has 1 aliphatic rings. The third kappa shape index (κ3) is 4.08. The van der Waals surface area contributed by atoms with E-state index in [0.29, 0.717) is 18.9 Å². The number of rotatable bonds is 6. The van der Waals surface area contributed by atoms with Gasteiger partial charge in [-0.2, -0.15) is 0 Å². The summed E-state index contributed by atoms with van der Waals surface area (Å²) in [4.78, 5) is 15.9. The number of hydrogen-bond donors (Lipinski definition) is 2. The van der Waals surface area contributed by atoms with Crippen molar-refractivity contribution >= 4 is 24.0 Å². The number of halogens is 1. The van der Waals surface area contributed by atoms with Gasteiger partial charge in [-0.3, -0.25) is 4.79 Å². The summed E-state index contributed by atoms with van der Waals surface area (Å²) in [5, 5.41) is 5.81. The molecule has 1 heterocycles. The minimum Gasteiger partial charge on any atom is -0.440 e. The van der Waals surface area contributed by atoms with Crippen LogP contribution in [0.5, 0.6) is 0 Å². The predicted octanol–water partition coefficient (Wildman–Crippen LogP) is 3.19. The van der Waals surface area contributed by atoms with E-state index in [-0.39, 0.29) is 18.3 Å². The molecule has 1 saturated carbocycles. The second kappa shape index (κ2) is 7.42. The average Bonchev–Trinajstić information content (AvgIpc) is 3.24. The number of nitrogens with zero attached hydrogens (tertiary/aromatic N) is 1. The Morgan fingerprint density at radius 3 is 2.68 bits per heavy atom. The van der Waals surface area contributed by atoms with Crippen molar-refractivity contribution in [1.29, 1.82) is 0 Å². The highest BCUT2D eigenvalue weighted by molar-refractivity contribution is 5.91. The van der Waals surface area contributed by atoms with Crippen molar-refractivity contribution in [2.24, 2.45) is 0 Å². The lowest BCUT2D eigenvalue weighted by atomic mass is 10.1. The first-order valence-electron chi connectivity index (χ1n) is 7.27. The predicted molar refractivity (Wildman–Crippen MR) is 88.3 cm³/mol. The maximum absolute atomic E-state index is 11.6. The molecule has 0 atom stereocenters. The van der Waals surface area contributed by atoms with Crippen LogP contribution in [0.25, 0.3) is 11.3 Å². The Kier molecular flexibility index (Phi) is 5.57. The molecule has 0 saturated heterocycles. The Balaban J connectivity index is 0.00000176. The highest BCUT2D eigenvalue weighted by Gasteiger charge is 2.28. The highest BCUT2D eigenvalue weighted by Crippen LogP contribution is 2.40. The fourth-order valence-electron chi connectivity index (χ4n) is 2.12. The van der Waals surface area contributed by atoms with Gasteiger partial charge in [0, 0.05) is 30.1 Å². The minimum absolute atomic E-state index is 0. The number of hydrogen-bond acceptors (Lipinski definition) is 4. The molecule has 3 rings (SSSR count). The normalized spacial score (nSPS) is 13.5. The number of oxazole rings is 1. The number of benzene rings is 1. The van der Waals surface area contributed by atoms with E-state index in [2.05, 4.69) is 15.6 Å². The summed E-state index contributed by atoms with van der Waals surface area (Å²) >= 11 is 0.